The van der Waals surface area contributed by atoms with Gasteiger partial charge in [0.15, 0.2) is 0 Å². The van der Waals surface area contributed by atoms with Crippen molar-refractivity contribution in [1.82, 2.24) is 0 Å². The van der Waals surface area contributed by atoms with Crippen molar-refractivity contribution < 1.29 is 0 Å². The molecule has 0 saturated heterocycles. The van der Waals surface area contributed by atoms with Gasteiger partial charge in [-0.1, -0.05) is 63.7 Å². The van der Waals surface area contributed by atoms with Gasteiger partial charge in [0, 0.05) is 0 Å². The van der Waals surface area contributed by atoms with Gasteiger partial charge < -0.3 is 0 Å². The minimum Gasteiger partial charge on any atom is -0.103 e. The van der Waals surface area contributed by atoms with Crippen LogP contribution in [0.4, 0.5) is 0 Å². The highest BCUT2D eigenvalue weighted by Crippen LogP contribution is 2.46. The zero-order chi connectivity index (χ0) is 21.5. The van der Waals surface area contributed by atoms with Crippen molar-refractivity contribution >= 4 is 0 Å². The SMILES string of the molecule is C=CC1CCC(C2CCC(C3C=CC(C4CCC(CCCCC)CC4)CC3)CC2)CC1. The number of hydrogen-bond donors (Lipinski definition) is 0. The number of hydrogen-bond acceptors (Lipinski definition) is 0. The molecular formula is C31H52. The minimum atomic E-state index is 0.823. The molecule has 0 heterocycles. The Morgan fingerprint density at radius 1 is 0.613 bits per heavy atom. The zero-order valence-corrected chi connectivity index (χ0v) is 20.8. The fourth-order valence-corrected chi connectivity index (χ4v) is 8.13. The lowest BCUT2D eigenvalue weighted by Crippen LogP contribution is -2.29. The van der Waals surface area contributed by atoms with Gasteiger partial charge in [0.05, 0.1) is 0 Å². The Morgan fingerprint density at radius 2 is 1.10 bits per heavy atom. The van der Waals surface area contributed by atoms with Crippen LogP contribution in [-0.4, -0.2) is 0 Å². The van der Waals surface area contributed by atoms with Crippen LogP contribution in [0.1, 0.15) is 122 Å². The fraction of sp³-hybridized carbons (Fsp3) is 0.871. The van der Waals surface area contributed by atoms with Crippen molar-refractivity contribution in [3.05, 3.63) is 24.8 Å². The molecule has 31 heavy (non-hydrogen) atoms. The van der Waals surface area contributed by atoms with Crippen molar-refractivity contribution in [3.8, 4) is 0 Å². The third-order valence-electron chi connectivity index (χ3n) is 10.4. The molecule has 0 aromatic carbocycles. The smallest absolute Gasteiger partial charge is 0.0205 e. The molecule has 0 heteroatoms. The van der Waals surface area contributed by atoms with E-state index in [0.717, 1.165) is 47.3 Å². The lowest BCUT2D eigenvalue weighted by molar-refractivity contribution is 0.132. The summed E-state index contributed by atoms with van der Waals surface area (Å²) in [5.74, 6) is 7.83. The molecule has 0 aromatic rings. The molecule has 176 valence electrons. The number of rotatable bonds is 8. The molecule has 0 amide bonds. The summed E-state index contributed by atoms with van der Waals surface area (Å²) >= 11 is 0. The van der Waals surface area contributed by atoms with E-state index in [9.17, 15) is 0 Å². The van der Waals surface area contributed by atoms with E-state index in [1.54, 1.807) is 0 Å². The highest BCUT2D eigenvalue weighted by molar-refractivity contribution is 5.03. The van der Waals surface area contributed by atoms with Crippen molar-refractivity contribution in [2.45, 2.75) is 122 Å². The van der Waals surface area contributed by atoms with Crippen LogP contribution in [0.3, 0.4) is 0 Å². The molecule has 0 radical (unpaired) electrons. The zero-order valence-electron chi connectivity index (χ0n) is 20.8. The summed E-state index contributed by atoms with van der Waals surface area (Å²) in [6.45, 7) is 6.36. The third-order valence-corrected chi connectivity index (χ3v) is 10.4. The molecule has 2 unspecified atom stereocenters. The highest BCUT2D eigenvalue weighted by atomic mass is 14.4. The predicted molar refractivity (Wildman–Crippen MR) is 136 cm³/mol. The van der Waals surface area contributed by atoms with Gasteiger partial charge >= 0.3 is 0 Å². The largest absolute Gasteiger partial charge is 0.103 e. The topological polar surface area (TPSA) is 0 Å². The van der Waals surface area contributed by atoms with Crippen LogP contribution in [-0.2, 0) is 0 Å². The second kappa shape index (κ2) is 12.1. The van der Waals surface area contributed by atoms with Crippen molar-refractivity contribution in [2.24, 2.45) is 47.3 Å². The van der Waals surface area contributed by atoms with Crippen LogP contribution in [0, 0.1) is 47.3 Å². The Balaban J connectivity index is 1.16. The second-order valence-electron chi connectivity index (χ2n) is 12.2. The molecule has 3 saturated carbocycles. The number of unbranched alkanes of at least 4 members (excludes halogenated alkanes) is 2. The quantitative estimate of drug-likeness (QED) is 0.268. The molecule has 2 atom stereocenters. The van der Waals surface area contributed by atoms with E-state index in [1.807, 2.05) is 0 Å². The maximum atomic E-state index is 4.03. The molecule has 4 aliphatic rings. The van der Waals surface area contributed by atoms with E-state index < -0.39 is 0 Å². The maximum Gasteiger partial charge on any atom is -0.0205 e. The summed E-state index contributed by atoms with van der Waals surface area (Å²) in [6.07, 6.45) is 34.5. The fourth-order valence-electron chi connectivity index (χ4n) is 8.13. The summed E-state index contributed by atoms with van der Waals surface area (Å²) in [7, 11) is 0. The Labute approximate surface area is 194 Å². The van der Waals surface area contributed by atoms with Gasteiger partial charge in [-0.05, 0) is 124 Å². The van der Waals surface area contributed by atoms with E-state index >= 15 is 0 Å². The summed E-state index contributed by atoms with van der Waals surface area (Å²) in [5, 5.41) is 0. The predicted octanol–water partition coefficient (Wildman–Crippen LogP) is 9.75. The second-order valence-corrected chi connectivity index (χ2v) is 12.2. The molecular weight excluding hydrogens is 372 g/mol. The molecule has 0 N–H and O–H groups in total. The number of allylic oxidation sites excluding steroid dienone is 3. The molecule has 0 bridgehead atoms. The molecule has 0 nitrogen and oxygen atoms in total. The highest BCUT2D eigenvalue weighted by Gasteiger charge is 2.34. The lowest BCUT2D eigenvalue weighted by atomic mass is 9.65. The van der Waals surface area contributed by atoms with E-state index in [4.69, 9.17) is 0 Å². The Morgan fingerprint density at radius 3 is 1.58 bits per heavy atom. The van der Waals surface area contributed by atoms with Crippen LogP contribution < -0.4 is 0 Å². The average Bonchev–Trinajstić information content (AvgIpc) is 2.85. The van der Waals surface area contributed by atoms with Crippen molar-refractivity contribution in [1.29, 1.82) is 0 Å². The first-order valence-electron chi connectivity index (χ1n) is 14.6. The molecule has 4 rings (SSSR count). The van der Waals surface area contributed by atoms with Crippen LogP contribution in [0.2, 0.25) is 0 Å². The van der Waals surface area contributed by atoms with Gasteiger partial charge in [0.25, 0.3) is 0 Å². The Bertz CT molecular complexity index is 534. The summed E-state index contributed by atoms with van der Waals surface area (Å²) in [6, 6.07) is 0. The van der Waals surface area contributed by atoms with E-state index in [2.05, 4.69) is 31.7 Å². The van der Waals surface area contributed by atoms with Crippen LogP contribution >= 0.6 is 0 Å². The Kier molecular flexibility index (Phi) is 9.21. The molecule has 0 aliphatic heterocycles. The molecule has 4 aliphatic carbocycles. The van der Waals surface area contributed by atoms with Gasteiger partial charge in [-0.25, -0.2) is 0 Å². The van der Waals surface area contributed by atoms with Gasteiger partial charge in [0.2, 0.25) is 0 Å². The van der Waals surface area contributed by atoms with Gasteiger partial charge in [-0.3, -0.25) is 0 Å². The average molecular weight is 425 g/mol. The summed E-state index contributed by atoms with van der Waals surface area (Å²) in [5.41, 5.74) is 0. The normalized spacial score (nSPS) is 41.7. The monoisotopic (exact) mass is 424 g/mol. The van der Waals surface area contributed by atoms with Crippen LogP contribution in [0.15, 0.2) is 24.8 Å². The molecule has 0 spiro atoms. The first-order chi connectivity index (χ1) is 15.3. The minimum absolute atomic E-state index is 0.823. The summed E-state index contributed by atoms with van der Waals surface area (Å²) in [4.78, 5) is 0. The summed E-state index contributed by atoms with van der Waals surface area (Å²) < 4.78 is 0. The van der Waals surface area contributed by atoms with E-state index in [1.165, 1.54) is 116 Å². The lowest BCUT2D eigenvalue weighted by Gasteiger charge is -2.41. The van der Waals surface area contributed by atoms with E-state index in [0.29, 0.717) is 0 Å². The Hall–Kier alpha value is -0.520. The van der Waals surface area contributed by atoms with Crippen molar-refractivity contribution in [3.63, 3.8) is 0 Å². The van der Waals surface area contributed by atoms with Crippen molar-refractivity contribution in [2.75, 3.05) is 0 Å². The van der Waals surface area contributed by atoms with Gasteiger partial charge in [-0.2, -0.15) is 0 Å². The van der Waals surface area contributed by atoms with Gasteiger partial charge in [0.1, 0.15) is 0 Å². The van der Waals surface area contributed by atoms with E-state index in [-0.39, 0.29) is 0 Å². The van der Waals surface area contributed by atoms with Crippen LogP contribution in [0.25, 0.3) is 0 Å². The van der Waals surface area contributed by atoms with Gasteiger partial charge in [-0.15, -0.1) is 6.58 Å². The maximum absolute atomic E-state index is 4.03. The third kappa shape index (κ3) is 6.51. The molecule has 0 aromatic heterocycles. The first-order valence-corrected chi connectivity index (χ1v) is 14.6. The molecule has 3 fully saturated rings. The first kappa shape index (κ1) is 23.6. The van der Waals surface area contributed by atoms with Crippen LogP contribution in [0.5, 0.6) is 0 Å². The standard InChI is InChI=1S/C31H52/c1-3-5-6-7-25-10-14-27(15-11-25)29-18-22-31(23-19-29)30-20-16-28(17-21-30)26-12-8-24(4-2)9-13-26/h4,18,22,24-31H,2-3,5-17,19-21,23H2,1H3.